The lowest BCUT2D eigenvalue weighted by Crippen LogP contribution is -2.36. The molecule has 4 atom stereocenters. The second-order valence-corrected chi connectivity index (χ2v) is 11.8. The van der Waals surface area contributed by atoms with Gasteiger partial charge in [-0.25, -0.2) is 4.90 Å². The SMILES string of the molecule is O=C1[C@@H]2[C@H](C(=O)N1c1ccccc1)[C@@H]1c3c(-c4ccccc4)sc(-c4ccccc4)c3[C@H]2N1Cc1ccccc1. The molecule has 5 aromatic rings. The molecule has 0 spiro atoms. The summed E-state index contributed by atoms with van der Waals surface area (Å²) in [5.74, 6) is -0.975. The minimum atomic E-state index is -0.408. The van der Waals surface area contributed by atoms with E-state index in [9.17, 15) is 9.59 Å². The summed E-state index contributed by atoms with van der Waals surface area (Å²) in [7, 11) is 0. The summed E-state index contributed by atoms with van der Waals surface area (Å²) in [4.78, 5) is 34.7. The van der Waals surface area contributed by atoms with E-state index in [1.807, 2.05) is 48.5 Å². The third kappa shape index (κ3) is 3.35. The molecular formula is C35H26N2O2S. The normalized spacial score (nSPS) is 23.1. The Morgan fingerprint density at radius 3 is 1.45 bits per heavy atom. The van der Waals surface area contributed by atoms with Crippen LogP contribution in [0.25, 0.3) is 20.9 Å². The van der Waals surface area contributed by atoms with Crippen LogP contribution in [0.3, 0.4) is 0 Å². The van der Waals surface area contributed by atoms with E-state index < -0.39 is 11.8 Å². The Kier molecular flexibility index (Phi) is 5.37. The number of anilines is 1. The molecule has 5 heteroatoms. The number of fused-ring (bicyclic) bond motifs is 8. The first-order valence-corrected chi connectivity index (χ1v) is 14.5. The monoisotopic (exact) mass is 538 g/mol. The highest BCUT2D eigenvalue weighted by atomic mass is 32.1. The molecule has 2 fully saturated rings. The number of carbonyl (C=O) groups is 2. The standard InChI is InChI=1S/C35H26N2O2S/c38-34-28-29(35(39)37(34)25-19-11-4-12-20-25)31-27-26(30(28)36(31)21-22-13-5-1-6-14-22)32(23-15-7-2-8-16-23)40-33(27)24-17-9-3-10-18-24/h1-20,28-31H,21H2/t28-,29+,30-,31+. The average Bonchev–Trinajstić information content (AvgIpc) is 3.71. The van der Waals surface area contributed by atoms with Crippen LogP contribution in [-0.2, 0) is 16.1 Å². The zero-order valence-corrected chi connectivity index (χ0v) is 22.5. The molecule has 0 radical (unpaired) electrons. The van der Waals surface area contributed by atoms with Gasteiger partial charge < -0.3 is 0 Å². The fraction of sp³-hybridized carbons (Fsp3) is 0.143. The van der Waals surface area contributed by atoms with E-state index >= 15 is 0 Å². The maximum atomic E-state index is 14.2. The van der Waals surface area contributed by atoms with Gasteiger partial charge in [-0.15, -0.1) is 11.3 Å². The highest BCUT2D eigenvalue weighted by Gasteiger charge is 2.68. The summed E-state index contributed by atoms with van der Waals surface area (Å²) >= 11 is 1.80. The van der Waals surface area contributed by atoms with Crippen molar-refractivity contribution < 1.29 is 9.59 Å². The maximum Gasteiger partial charge on any atom is 0.239 e. The molecule has 1 aromatic heterocycles. The second kappa shape index (κ2) is 9.12. The number of thiophene rings is 1. The van der Waals surface area contributed by atoms with Gasteiger partial charge in [0.1, 0.15) is 0 Å². The molecule has 3 aliphatic heterocycles. The van der Waals surface area contributed by atoms with Crippen molar-refractivity contribution in [2.24, 2.45) is 11.8 Å². The van der Waals surface area contributed by atoms with E-state index in [0.29, 0.717) is 12.2 Å². The van der Waals surface area contributed by atoms with Crippen LogP contribution in [-0.4, -0.2) is 16.7 Å². The first-order chi connectivity index (χ1) is 19.7. The molecule has 0 saturated carbocycles. The van der Waals surface area contributed by atoms with Crippen molar-refractivity contribution in [3.05, 3.63) is 138 Å². The van der Waals surface area contributed by atoms with Crippen molar-refractivity contribution in [3.8, 4) is 20.9 Å². The highest BCUT2D eigenvalue weighted by molar-refractivity contribution is 7.19. The molecular weight excluding hydrogens is 512 g/mol. The van der Waals surface area contributed by atoms with Gasteiger partial charge in [-0.3, -0.25) is 14.5 Å². The fourth-order valence-corrected chi connectivity index (χ4v) is 8.52. The zero-order valence-electron chi connectivity index (χ0n) is 21.7. The summed E-state index contributed by atoms with van der Waals surface area (Å²) in [6.07, 6.45) is 0. The number of hydrogen-bond acceptors (Lipinski definition) is 4. The Balaban J connectivity index is 1.35. The van der Waals surface area contributed by atoms with E-state index in [0.717, 1.165) is 11.1 Å². The number of benzene rings is 4. The molecule has 4 heterocycles. The molecule has 4 nitrogen and oxygen atoms in total. The van der Waals surface area contributed by atoms with Crippen molar-refractivity contribution in [1.29, 1.82) is 0 Å². The third-order valence-corrected chi connectivity index (χ3v) is 9.98. The molecule has 0 unspecified atom stereocenters. The summed E-state index contributed by atoms with van der Waals surface area (Å²) in [6, 6.07) is 40.5. The van der Waals surface area contributed by atoms with Gasteiger partial charge in [-0.2, -0.15) is 0 Å². The Bertz CT molecular complexity index is 1650. The molecule has 0 N–H and O–H groups in total. The van der Waals surface area contributed by atoms with Crippen LogP contribution in [0.2, 0.25) is 0 Å². The summed E-state index contributed by atoms with van der Waals surface area (Å²) in [5.41, 5.74) is 6.63. The Labute approximate surface area is 237 Å². The number of carbonyl (C=O) groups excluding carboxylic acids is 2. The van der Waals surface area contributed by atoms with Gasteiger partial charge in [0.25, 0.3) is 0 Å². The lowest BCUT2D eigenvalue weighted by atomic mass is 9.76. The largest absolute Gasteiger partial charge is 0.283 e. The van der Waals surface area contributed by atoms with Crippen LogP contribution in [0.1, 0.15) is 28.8 Å². The van der Waals surface area contributed by atoms with Crippen LogP contribution in [0.5, 0.6) is 0 Å². The van der Waals surface area contributed by atoms with Crippen LogP contribution in [0, 0.1) is 11.8 Å². The van der Waals surface area contributed by atoms with E-state index in [1.165, 1.54) is 31.3 Å². The second-order valence-electron chi connectivity index (χ2n) is 10.8. The lowest BCUT2D eigenvalue weighted by molar-refractivity contribution is -0.124. The number of hydrogen-bond donors (Lipinski definition) is 0. The Hall–Kier alpha value is -4.32. The van der Waals surface area contributed by atoms with Gasteiger partial charge in [-0.05, 0) is 39.9 Å². The van der Waals surface area contributed by atoms with Crippen molar-refractivity contribution in [1.82, 2.24) is 4.90 Å². The maximum absolute atomic E-state index is 14.2. The van der Waals surface area contributed by atoms with Crippen molar-refractivity contribution >= 4 is 28.8 Å². The predicted octanol–water partition coefficient (Wildman–Crippen LogP) is 7.50. The number of rotatable bonds is 5. The molecule has 2 saturated heterocycles. The van der Waals surface area contributed by atoms with Crippen molar-refractivity contribution in [2.45, 2.75) is 18.6 Å². The van der Waals surface area contributed by atoms with Crippen LogP contribution in [0.15, 0.2) is 121 Å². The van der Waals surface area contributed by atoms with Gasteiger partial charge in [-0.1, -0.05) is 109 Å². The molecule has 40 heavy (non-hydrogen) atoms. The van der Waals surface area contributed by atoms with Gasteiger partial charge >= 0.3 is 0 Å². The summed E-state index contributed by atoms with van der Waals surface area (Å²) in [6.45, 7) is 0.691. The lowest BCUT2D eigenvalue weighted by Gasteiger charge is -2.27. The number of para-hydroxylation sites is 1. The first-order valence-electron chi connectivity index (χ1n) is 13.7. The molecule has 0 aliphatic carbocycles. The molecule has 194 valence electrons. The van der Waals surface area contributed by atoms with Crippen LogP contribution in [0.4, 0.5) is 5.69 Å². The van der Waals surface area contributed by atoms with Gasteiger partial charge in [0.05, 0.1) is 29.6 Å². The average molecular weight is 539 g/mol. The summed E-state index contributed by atoms with van der Waals surface area (Å²) in [5, 5.41) is 0. The Morgan fingerprint density at radius 2 is 0.975 bits per heavy atom. The van der Waals surface area contributed by atoms with Crippen molar-refractivity contribution in [2.75, 3.05) is 4.90 Å². The van der Waals surface area contributed by atoms with E-state index in [1.54, 1.807) is 11.3 Å². The quantitative estimate of drug-likeness (QED) is 0.218. The smallest absolute Gasteiger partial charge is 0.239 e. The molecule has 2 bridgehead atoms. The first kappa shape index (κ1) is 23.6. The van der Waals surface area contributed by atoms with Crippen molar-refractivity contribution in [3.63, 3.8) is 0 Å². The van der Waals surface area contributed by atoms with Crippen LogP contribution < -0.4 is 4.90 Å². The van der Waals surface area contributed by atoms with Gasteiger partial charge in [0.2, 0.25) is 11.8 Å². The zero-order chi connectivity index (χ0) is 26.8. The highest BCUT2D eigenvalue weighted by Crippen LogP contribution is 2.68. The van der Waals surface area contributed by atoms with Gasteiger partial charge in [0.15, 0.2) is 0 Å². The summed E-state index contributed by atoms with van der Waals surface area (Å²) < 4.78 is 0. The third-order valence-electron chi connectivity index (χ3n) is 8.66. The minimum Gasteiger partial charge on any atom is -0.283 e. The number of imide groups is 1. The fourth-order valence-electron chi connectivity index (χ4n) is 7.13. The topological polar surface area (TPSA) is 40.6 Å². The Morgan fingerprint density at radius 1 is 0.550 bits per heavy atom. The predicted molar refractivity (Wildman–Crippen MR) is 159 cm³/mol. The minimum absolute atomic E-state index is 0.0797. The van der Waals surface area contributed by atoms with Gasteiger partial charge in [0, 0.05) is 16.3 Å². The van der Waals surface area contributed by atoms with E-state index in [2.05, 4.69) is 77.7 Å². The number of amides is 2. The molecule has 8 rings (SSSR count). The molecule has 3 aliphatic rings. The molecule has 2 amide bonds. The van der Waals surface area contributed by atoms with E-state index in [-0.39, 0.29) is 23.9 Å². The molecule has 4 aromatic carbocycles. The number of nitrogens with zero attached hydrogens (tertiary/aromatic N) is 2. The van der Waals surface area contributed by atoms with Crippen LogP contribution >= 0.6 is 11.3 Å². The van der Waals surface area contributed by atoms with E-state index in [4.69, 9.17) is 0 Å².